The third kappa shape index (κ3) is 21.9. The van der Waals surface area contributed by atoms with Crippen molar-refractivity contribution in [3.63, 3.8) is 0 Å². The number of carbonyl (C=O) groups is 6. The molecule has 3 atom stereocenters. The molecule has 0 aliphatic heterocycles. The number of halogens is 2. The fourth-order valence-electron chi connectivity index (χ4n) is 7.00. The highest BCUT2D eigenvalue weighted by molar-refractivity contribution is 8.00. The summed E-state index contributed by atoms with van der Waals surface area (Å²) in [5.74, 6) is -5.51. The number of hydrogen-bond donors (Lipinski definition) is 6. The van der Waals surface area contributed by atoms with Crippen molar-refractivity contribution in [2.24, 2.45) is 11.1 Å². The second kappa shape index (κ2) is 32.0. The number of aliphatic carboxylic acids is 2. The molecule has 0 radical (unpaired) electrons. The van der Waals surface area contributed by atoms with Crippen molar-refractivity contribution in [3.8, 4) is 11.1 Å². The van der Waals surface area contributed by atoms with Gasteiger partial charge in [-0.2, -0.15) is 0 Å². The number of nitrogens with zero attached hydrogens (tertiary/aromatic N) is 2. The predicted molar refractivity (Wildman–Crippen MR) is 263 cm³/mol. The van der Waals surface area contributed by atoms with Crippen LogP contribution in [0.25, 0.3) is 11.1 Å². The zero-order valence-corrected chi connectivity index (χ0v) is 41.9. The van der Waals surface area contributed by atoms with Crippen molar-refractivity contribution in [3.05, 3.63) is 83.7 Å². The van der Waals surface area contributed by atoms with E-state index in [1.807, 2.05) is 55.7 Å². The van der Waals surface area contributed by atoms with Gasteiger partial charge in [-0.15, -0.1) is 23.5 Å². The Morgan fingerprint density at radius 3 is 2.06 bits per heavy atom. The number of hydrogen-bond acceptors (Lipinski definition) is 13. The summed E-state index contributed by atoms with van der Waals surface area (Å²) < 4.78 is 53.2. The number of benzene rings is 2. The maximum Gasteiger partial charge on any atom is 0.327 e. The largest absolute Gasteiger partial charge is 0.480 e. The molecule has 18 nitrogen and oxygen atoms in total. The molecule has 1 heterocycles. The van der Waals surface area contributed by atoms with Gasteiger partial charge in [0.05, 0.1) is 71.2 Å². The Morgan fingerprint density at radius 2 is 1.46 bits per heavy atom. The summed E-state index contributed by atoms with van der Waals surface area (Å²) in [5.41, 5.74) is 7.57. The molecule has 4 amide bonds. The normalized spacial score (nSPS) is 12.7. The van der Waals surface area contributed by atoms with E-state index in [1.54, 1.807) is 23.4 Å². The van der Waals surface area contributed by atoms with E-state index >= 15 is 4.39 Å². The monoisotopic (exact) mass is 1020 g/mol. The van der Waals surface area contributed by atoms with E-state index in [-0.39, 0.29) is 108 Å². The summed E-state index contributed by atoms with van der Waals surface area (Å²) in [7, 11) is 0. The number of carbonyl (C=O) groups excluding carboxylic acids is 4. The molecule has 0 aliphatic rings. The molecule has 1 unspecified atom stereocenters. The highest BCUT2D eigenvalue weighted by atomic mass is 32.2. The molecule has 0 spiro atoms. The third-order valence-corrected chi connectivity index (χ3v) is 12.3. The van der Waals surface area contributed by atoms with Crippen LogP contribution >= 0.6 is 23.5 Å². The van der Waals surface area contributed by atoms with Gasteiger partial charge in [-0.05, 0) is 54.5 Å². The minimum absolute atomic E-state index is 0.0192. The molecule has 7 N–H and O–H groups in total. The van der Waals surface area contributed by atoms with Gasteiger partial charge >= 0.3 is 11.9 Å². The highest BCUT2D eigenvalue weighted by Crippen LogP contribution is 2.41. The molecule has 0 aliphatic carbocycles. The maximum atomic E-state index is 15.1. The second-order valence-corrected chi connectivity index (χ2v) is 19.0. The summed E-state index contributed by atoms with van der Waals surface area (Å²) in [6.07, 6.45) is 3.49. The lowest BCUT2D eigenvalue weighted by atomic mass is 9.83. The summed E-state index contributed by atoms with van der Waals surface area (Å²) in [6, 6.07) is 12.9. The Morgan fingerprint density at radius 1 is 0.814 bits per heavy atom. The first-order chi connectivity index (χ1) is 33.4. The van der Waals surface area contributed by atoms with E-state index in [9.17, 15) is 38.3 Å². The van der Waals surface area contributed by atoms with Gasteiger partial charge in [0.2, 0.25) is 23.6 Å². The Kier molecular flexibility index (Phi) is 27.1. The van der Waals surface area contributed by atoms with E-state index in [1.165, 1.54) is 0 Å². The molecular weight excluding hydrogens is 955 g/mol. The van der Waals surface area contributed by atoms with E-state index < -0.39 is 64.0 Å². The number of carboxylic acids is 2. The summed E-state index contributed by atoms with van der Waals surface area (Å²) in [6.45, 7) is 8.64. The first-order valence-corrected chi connectivity index (χ1v) is 25.3. The molecule has 3 rings (SSSR count). The van der Waals surface area contributed by atoms with Gasteiger partial charge in [0.25, 0.3) is 0 Å². The quantitative estimate of drug-likeness (QED) is 0.0457. The Labute approximate surface area is 416 Å². The van der Waals surface area contributed by atoms with Crippen molar-refractivity contribution in [1.82, 2.24) is 25.4 Å². The highest BCUT2D eigenvalue weighted by Gasteiger charge is 2.37. The number of thioether (sulfide) groups is 2. The molecule has 1 aromatic heterocycles. The zero-order chi connectivity index (χ0) is 51.5. The van der Waals surface area contributed by atoms with Crippen LogP contribution in [0.2, 0.25) is 0 Å². The lowest BCUT2D eigenvalue weighted by Crippen LogP contribution is -2.45. The zero-order valence-electron chi connectivity index (χ0n) is 40.3. The molecule has 0 saturated carbocycles. The van der Waals surface area contributed by atoms with Gasteiger partial charge in [-0.1, -0.05) is 51.1 Å². The van der Waals surface area contributed by atoms with E-state index in [4.69, 9.17) is 29.8 Å². The number of nitrogens with two attached hydrogens (primary N) is 1. The van der Waals surface area contributed by atoms with Crippen LogP contribution in [0, 0.1) is 17.0 Å². The molecule has 0 bridgehead atoms. The minimum Gasteiger partial charge on any atom is -0.480 e. The fraction of sp³-hybridized carbons (Fsp3) is 0.542. The maximum absolute atomic E-state index is 15.1. The first-order valence-electron chi connectivity index (χ1n) is 22.8. The predicted octanol–water partition coefficient (Wildman–Crippen LogP) is 3.94. The molecule has 388 valence electrons. The number of amides is 4. The molecule has 22 heteroatoms. The van der Waals surface area contributed by atoms with Crippen molar-refractivity contribution in [2.75, 3.05) is 96.8 Å². The van der Waals surface area contributed by atoms with E-state index in [0.29, 0.717) is 30.8 Å². The van der Waals surface area contributed by atoms with Gasteiger partial charge in [0.1, 0.15) is 22.9 Å². The van der Waals surface area contributed by atoms with Crippen LogP contribution in [0.4, 0.5) is 8.78 Å². The van der Waals surface area contributed by atoms with Crippen LogP contribution in [0.15, 0.2) is 60.8 Å². The van der Waals surface area contributed by atoms with Gasteiger partial charge in [0.15, 0.2) is 0 Å². The van der Waals surface area contributed by atoms with Crippen LogP contribution in [0.5, 0.6) is 0 Å². The van der Waals surface area contributed by atoms with Crippen LogP contribution in [0.3, 0.4) is 0 Å². The Bertz CT molecular complexity index is 2110. The summed E-state index contributed by atoms with van der Waals surface area (Å²) in [4.78, 5) is 75.5. The lowest BCUT2D eigenvalue weighted by molar-refractivity contribution is -0.141. The molecular formula is C48H68F2N6O12S2. The average molecular weight is 1020 g/mol. The molecule has 3 aromatic rings. The number of rotatable bonds is 35. The molecule has 0 saturated heterocycles. The van der Waals surface area contributed by atoms with Crippen LogP contribution < -0.4 is 21.7 Å². The SMILES string of the molecule is CSC(CC(=O)NCC(=O)NCCOCCOCCOCCOCCC(=O)N[C@@H](CSCC(=O)N(CCCN)[C@@H](c1cc(-c2cc(F)ccc2F)cn1Cc1ccccc1)C(C)(C)C)C(=O)O)C(=O)O. The van der Waals surface area contributed by atoms with Crippen molar-refractivity contribution >= 4 is 59.1 Å². The number of aromatic nitrogens is 1. The van der Waals surface area contributed by atoms with Crippen molar-refractivity contribution in [1.29, 1.82) is 0 Å². The molecule has 70 heavy (non-hydrogen) atoms. The topological polar surface area (TPSA) is 250 Å². The lowest BCUT2D eigenvalue weighted by Gasteiger charge is -2.41. The Balaban J connectivity index is 1.39. The van der Waals surface area contributed by atoms with Crippen LogP contribution in [-0.2, 0) is 54.3 Å². The third-order valence-electron chi connectivity index (χ3n) is 10.4. The number of nitrogens with one attached hydrogen (secondary N) is 3. The number of ether oxygens (including phenoxy) is 4. The minimum atomic E-state index is -1.28. The van der Waals surface area contributed by atoms with Gasteiger partial charge in [0, 0.05) is 61.2 Å². The van der Waals surface area contributed by atoms with Gasteiger partial charge in [-0.25, -0.2) is 13.6 Å². The van der Waals surface area contributed by atoms with Gasteiger partial charge in [-0.3, -0.25) is 24.0 Å². The smallest absolute Gasteiger partial charge is 0.327 e. The first kappa shape index (κ1) is 59.2. The Hall–Kier alpha value is -5.10. The number of carboxylic acid groups (broad SMARTS) is 2. The average Bonchev–Trinajstić information content (AvgIpc) is 3.71. The molecule has 2 aromatic carbocycles. The van der Waals surface area contributed by atoms with E-state index in [0.717, 1.165) is 47.3 Å². The summed E-state index contributed by atoms with van der Waals surface area (Å²) in [5, 5.41) is 25.5. The van der Waals surface area contributed by atoms with Crippen molar-refractivity contribution < 1.29 is 66.7 Å². The van der Waals surface area contributed by atoms with Gasteiger partial charge < -0.3 is 60.3 Å². The van der Waals surface area contributed by atoms with E-state index in [2.05, 4.69) is 16.0 Å². The van der Waals surface area contributed by atoms with Crippen LogP contribution in [-0.4, -0.2) is 163 Å². The molecule has 0 fully saturated rings. The summed E-state index contributed by atoms with van der Waals surface area (Å²) >= 11 is 2.11. The standard InChI is InChI=1S/C48H68F2N6O12S2/c1-48(2,3)45(39-25-34(36-26-35(49)11-12-37(36)50)30-55(39)29-33-9-6-5-7-10-33)56(16-8-14-51)44(60)32-70-31-38(46(61)62)54-41(57)13-17-65-19-21-67-23-24-68-22-20-66-18-15-52-43(59)28-53-42(58)27-40(69-4)47(63)64/h5-7,9-12,25-26,30,38,40,45H,8,13-24,27-29,31-32,51H2,1-4H3,(H,52,59)(H,53,58)(H,54,57)(H,61,62)(H,63,64)/t38-,40?,45-/m0/s1. The fourth-order valence-corrected chi connectivity index (χ4v) is 8.44. The second-order valence-electron chi connectivity index (χ2n) is 17.0. The van der Waals surface area contributed by atoms with Crippen molar-refractivity contribution in [2.45, 2.75) is 63.9 Å². The van der Waals surface area contributed by atoms with Crippen LogP contribution in [0.1, 0.15) is 57.3 Å².